The first kappa shape index (κ1) is 15.2. The number of hydrazone groups is 1. The summed E-state index contributed by atoms with van der Waals surface area (Å²) in [5, 5.41) is 4.94. The van der Waals surface area contributed by atoms with E-state index in [-0.39, 0.29) is 0 Å². The number of carbonyl (C=O) groups excluding carboxylic acids is 1. The van der Waals surface area contributed by atoms with Crippen molar-refractivity contribution < 1.29 is 4.79 Å². The molecule has 0 saturated carbocycles. The topological polar surface area (TPSA) is 93.5 Å². The van der Waals surface area contributed by atoms with Crippen LogP contribution < -0.4 is 16.9 Å². The minimum atomic E-state index is -0.792. The van der Waals surface area contributed by atoms with Gasteiger partial charge in [-0.2, -0.15) is 5.10 Å². The summed E-state index contributed by atoms with van der Waals surface area (Å²) in [6.45, 7) is 0. The largest absolute Gasteiger partial charge is 0.398 e. The monoisotopic (exact) mass is 322 g/mol. The van der Waals surface area contributed by atoms with Gasteiger partial charge in [0.25, 0.3) is 0 Å². The van der Waals surface area contributed by atoms with Gasteiger partial charge in [0.05, 0.1) is 5.02 Å². The molecule has 2 aromatic rings. The van der Waals surface area contributed by atoms with Crippen LogP contribution in [0.15, 0.2) is 47.6 Å². The summed E-state index contributed by atoms with van der Waals surface area (Å²) in [4.78, 5) is 10.9. The highest BCUT2D eigenvalue weighted by Crippen LogP contribution is 2.25. The van der Waals surface area contributed by atoms with Crippen molar-refractivity contribution in [3.63, 3.8) is 0 Å². The van der Waals surface area contributed by atoms with Crippen LogP contribution in [0.4, 0.5) is 10.5 Å². The predicted molar refractivity (Wildman–Crippen MR) is 85.7 cm³/mol. The van der Waals surface area contributed by atoms with Crippen molar-refractivity contribution in [2.24, 2.45) is 10.8 Å². The van der Waals surface area contributed by atoms with Crippen molar-refractivity contribution in [2.75, 3.05) is 5.73 Å². The Morgan fingerprint density at radius 1 is 1.10 bits per heavy atom. The average Bonchev–Trinajstić information content (AvgIpc) is 2.44. The van der Waals surface area contributed by atoms with E-state index in [0.29, 0.717) is 32.6 Å². The summed E-state index contributed by atoms with van der Waals surface area (Å²) in [5.41, 5.74) is 15.2. The Kier molecular flexibility index (Phi) is 4.67. The lowest BCUT2D eigenvalue weighted by molar-refractivity contribution is 0.249. The molecular formula is C14H12Cl2N4O. The zero-order valence-corrected chi connectivity index (χ0v) is 12.3. The number of amides is 2. The summed E-state index contributed by atoms with van der Waals surface area (Å²) < 4.78 is 0. The fourth-order valence-corrected chi connectivity index (χ4v) is 2.16. The third-order valence-corrected chi connectivity index (χ3v) is 3.24. The number of nitrogens with zero attached hydrogens (tertiary/aromatic N) is 1. The maximum absolute atomic E-state index is 10.9. The van der Waals surface area contributed by atoms with E-state index in [1.54, 1.807) is 42.5 Å². The molecule has 0 spiro atoms. The smallest absolute Gasteiger partial charge is 0.332 e. The number of nitrogen functional groups attached to an aromatic ring is 1. The average molecular weight is 323 g/mol. The molecule has 0 heterocycles. The minimum Gasteiger partial charge on any atom is -0.398 e. The van der Waals surface area contributed by atoms with Crippen LogP contribution in [0.2, 0.25) is 10.0 Å². The van der Waals surface area contributed by atoms with E-state index in [1.165, 1.54) is 0 Å². The maximum atomic E-state index is 10.9. The van der Waals surface area contributed by atoms with Crippen molar-refractivity contribution in [2.45, 2.75) is 0 Å². The summed E-state index contributed by atoms with van der Waals surface area (Å²) in [6.07, 6.45) is 0. The van der Waals surface area contributed by atoms with E-state index in [9.17, 15) is 4.79 Å². The second-order valence-corrected chi connectivity index (χ2v) is 4.99. The predicted octanol–water partition coefficient (Wildman–Crippen LogP) is 3.00. The molecule has 0 radical (unpaired) electrons. The molecule has 21 heavy (non-hydrogen) atoms. The van der Waals surface area contributed by atoms with Crippen LogP contribution in [-0.2, 0) is 0 Å². The van der Waals surface area contributed by atoms with Gasteiger partial charge in [0, 0.05) is 21.8 Å². The minimum absolute atomic E-state index is 0.374. The van der Waals surface area contributed by atoms with Crippen molar-refractivity contribution in [3.05, 3.63) is 63.6 Å². The lowest BCUT2D eigenvalue weighted by Gasteiger charge is -2.11. The zero-order valence-electron chi connectivity index (χ0n) is 10.8. The molecule has 5 nitrogen and oxygen atoms in total. The number of carbonyl (C=O) groups is 1. The van der Waals surface area contributed by atoms with E-state index in [1.807, 2.05) is 0 Å². The first-order chi connectivity index (χ1) is 9.99. The molecular weight excluding hydrogens is 311 g/mol. The highest BCUT2D eigenvalue weighted by atomic mass is 35.5. The summed E-state index contributed by atoms with van der Waals surface area (Å²) in [7, 11) is 0. The first-order valence-corrected chi connectivity index (χ1v) is 6.68. The number of anilines is 1. The van der Waals surface area contributed by atoms with Gasteiger partial charge < -0.3 is 11.5 Å². The fraction of sp³-hybridized carbons (Fsp3) is 0. The van der Waals surface area contributed by atoms with E-state index in [2.05, 4.69) is 10.5 Å². The van der Waals surface area contributed by atoms with E-state index >= 15 is 0 Å². The normalized spacial score (nSPS) is 11.2. The molecule has 0 fully saturated rings. The van der Waals surface area contributed by atoms with Crippen LogP contribution in [0.3, 0.4) is 0 Å². The Hall–Kier alpha value is -2.24. The lowest BCUT2D eigenvalue weighted by Crippen LogP contribution is -2.26. The Morgan fingerprint density at radius 3 is 2.48 bits per heavy atom. The molecule has 2 rings (SSSR count). The van der Waals surface area contributed by atoms with Gasteiger partial charge in [-0.25, -0.2) is 10.2 Å². The molecule has 2 amide bonds. The van der Waals surface area contributed by atoms with Gasteiger partial charge in [-0.05, 0) is 24.3 Å². The van der Waals surface area contributed by atoms with Crippen LogP contribution >= 0.6 is 23.2 Å². The number of halogens is 2. The lowest BCUT2D eigenvalue weighted by atomic mass is 10.0. The van der Waals surface area contributed by atoms with E-state index in [0.717, 1.165) is 0 Å². The molecule has 0 aliphatic heterocycles. The van der Waals surface area contributed by atoms with Crippen LogP contribution in [0.25, 0.3) is 0 Å². The number of hydrogen-bond acceptors (Lipinski definition) is 3. The fourth-order valence-electron chi connectivity index (χ4n) is 1.76. The quantitative estimate of drug-likeness (QED) is 0.460. The van der Waals surface area contributed by atoms with Crippen molar-refractivity contribution in [3.8, 4) is 0 Å². The Bertz CT molecular complexity index is 716. The van der Waals surface area contributed by atoms with Gasteiger partial charge in [-0.3, -0.25) is 0 Å². The summed E-state index contributed by atoms with van der Waals surface area (Å²) >= 11 is 12.2. The third-order valence-electron chi connectivity index (χ3n) is 2.68. The highest BCUT2D eigenvalue weighted by molar-refractivity contribution is 6.36. The Morgan fingerprint density at radius 2 is 1.81 bits per heavy atom. The molecule has 2 aromatic carbocycles. The van der Waals surface area contributed by atoms with Gasteiger partial charge in [-0.15, -0.1) is 0 Å². The molecule has 0 bridgehead atoms. The summed E-state index contributed by atoms with van der Waals surface area (Å²) in [6, 6.07) is 11.2. The van der Waals surface area contributed by atoms with Crippen LogP contribution in [0, 0.1) is 0 Å². The Labute approximate surface area is 131 Å². The van der Waals surface area contributed by atoms with Gasteiger partial charge in [-0.1, -0.05) is 41.4 Å². The molecule has 0 aliphatic carbocycles. The zero-order chi connectivity index (χ0) is 15.4. The van der Waals surface area contributed by atoms with Crippen LogP contribution in [0.5, 0.6) is 0 Å². The molecule has 0 atom stereocenters. The molecule has 0 saturated heterocycles. The summed E-state index contributed by atoms with van der Waals surface area (Å²) in [5.74, 6) is 0. The number of nitrogens with one attached hydrogen (secondary N) is 1. The molecule has 7 heteroatoms. The Balaban J connectivity index is 2.62. The number of rotatable bonds is 3. The van der Waals surface area contributed by atoms with Gasteiger partial charge >= 0.3 is 6.03 Å². The number of nitrogens with two attached hydrogens (primary N) is 2. The highest BCUT2D eigenvalue weighted by Gasteiger charge is 2.14. The van der Waals surface area contributed by atoms with Gasteiger partial charge in [0.15, 0.2) is 0 Å². The van der Waals surface area contributed by atoms with Crippen molar-refractivity contribution >= 4 is 40.6 Å². The number of primary amides is 1. The molecule has 0 aromatic heterocycles. The van der Waals surface area contributed by atoms with E-state index < -0.39 is 6.03 Å². The van der Waals surface area contributed by atoms with Gasteiger partial charge in [0.2, 0.25) is 0 Å². The van der Waals surface area contributed by atoms with Crippen molar-refractivity contribution in [1.82, 2.24) is 5.43 Å². The molecule has 0 unspecified atom stereocenters. The second kappa shape index (κ2) is 6.47. The standard InChI is InChI=1S/C14H12Cl2N4O/c15-8-5-6-12(17)10(7-8)13(19-20-14(18)21)9-3-1-2-4-11(9)16/h1-7H,17H2,(H3,18,20,21). The number of urea groups is 1. The number of benzene rings is 2. The first-order valence-electron chi connectivity index (χ1n) is 5.92. The maximum Gasteiger partial charge on any atom is 0.332 e. The van der Waals surface area contributed by atoms with E-state index in [4.69, 9.17) is 34.7 Å². The van der Waals surface area contributed by atoms with Crippen LogP contribution in [0.1, 0.15) is 11.1 Å². The number of hydrogen-bond donors (Lipinski definition) is 3. The molecule has 5 N–H and O–H groups in total. The SMILES string of the molecule is NC(=O)NN=C(c1cc(Cl)ccc1N)c1ccccc1Cl. The molecule has 0 aliphatic rings. The second-order valence-electron chi connectivity index (χ2n) is 4.15. The van der Waals surface area contributed by atoms with Gasteiger partial charge in [0.1, 0.15) is 5.71 Å². The van der Waals surface area contributed by atoms with Crippen LogP contribution in [-0.4, -0.2) is 11.7 Å². The van der Waals surface area contributed by atoms with Crippen molar-refractivity contribution in [1.29, 1.82) is 0 Å². The molecule has 108 valence electrons. The third kappa shape index (κ3) is 3.65.